The summed E-state index contributed by atoms with van der Waals surface area (Å²) >= 11 is 0. The minimum absolute atomic E-state index is 0.00408. The maximum absolute atomic E-state index is 12.0. The zero-order valence-corrected chi connectivity index (χ0v) is 12.3. The van der Waals surface area contributed by atoms with Crippen molar-refractivity contribution in [3.8, 4) is 0 Å². The minimum atomic E-state index is -0.770. The van der Waals surface area contributed by atoms with Crippen LogP contribution in [0.5, 0.6) is 0 Å². The third kappa shape index (κ3) is 3.51. The Hall–Kier alpha value is -1.10. The molecule has 0 aromatic rings. The predicted octanol–water partition coefficient (Wildman–Crippen LogP) is 1.38. The van der Waals surface area contributed by atoms with E-state index in [1.807, 2.05) is 0 Å². The second-order valence-corrected chi connectivity index (χ2v) is 6.50. The maximum atomic E-state index is 12.0. The van der Waals surface area contributed by atoms with Gasteiger partial charge in [0.15, 0.2) is 0 Å². The molecule has 0 radical (unpaired) electrons. The summed E-state index contributed by atoms with van der Waals surface area (Å²) in [5.41, 5.74) is -0.689. The minimum Gasteiger partial charge on any atom is -0.481 e. The second kappa shape index (κ2) is 6.57. The van der Waals surface area contributed by atoms with Gasteiger partial charge in [-0.15, -0.1) is 0 Å². The third-order valence-electron chi connectivity index (χ3n) is 5.04. The third-order valence-corrected chi connectivity index (χ3v) is 5.04. The van der Waals surface area contributed by atoms with E-state index in [-0.39, 0.29) is 12.5 Å². The number of piperidine rings is 1. The topological polar surface area (TPSA) is 78.4 Å². The summed E-state index contributed by atoms with van der Waals surface area (Å²) in [6, 6.07) is 0. The fourth-order valence-electron chi connectivity index (χ4n) is 3.23. The normalized spacial score (nSPS) is 26.4. The van der Waals surface area contributed by atoms with Crippen molar-refractivity contribution in [3.63, 3.8) is 0 Å². The van der Waals surface area contributed by atoms with Crippen LogP contribution in [0.4, 0.5) is 0 Å². The Morgan fingerprint density at radius 3 is 2.65 bits per heavy atom. The van der Waals surface area contributed by atoms with Gasteiger partial charge in [0, 0.05) is 13.0 Å². The van der Waals surface area contributed by atoms with Gasteiger partial charge < -0.3 is 15.7 Å². The van der Waals surface area contributed by atoms with Crippen LogP contribution in [0.25, 0.3) is 0 Å². The van der Waals surface area contributed by atoms with Gasteiger partial charge in [0.05, 0.1) is 5.41 Å². The monoisotopic (exact) mass is 282 g/mol. The highest BCUT2D eigenvalue weighted by molar-refractivity contribution is 5.79. The highest BCUT2D eigenvalue weighted by atomic mass is 16.4. The molecule has 5 nitrogen and oxygen atoms in total. The molecule has 2 fully saturated rings. The van der Waals surface area contributed by atoms with Gasteiger partial charge in [-0.05, 0) is 50.6 Å². The zero-order chi connectivity index (χ0) is 14.6. The van der Waals surface area contributed by atoms with Crippen molar-refractivity contribution in [1.29, 1.82) is 0 Å². The standard InChI is InChI=1S/C15H26N2O3/c1-11(12-4-2-7-16-9-12)8-13(18)17-10-15(14(19)20)5-3-6-15/h11-12,16H,2-10H2,1H3,(H,17,18)(H,19,20). The van der Waals surface area contributed by atoms with Crippen LogP contribution in [0, 0.1) is 17.3 Å². The highest BCUT2D eigenvalue weighted by Gasteiger charge is 2.44. The number of carbonyl (C=O) groups is 2. The van der Waals surface area contributed by atoms with Gasteiger partial charge in [-0.1, -0.05) is 13.3 Å². The fraction of sp³-hybridized carbons (Fsp3) is 0.867. The number of carboxylic acid groups (broad SMARTS) is 1. The quantitative estimate of drug-likeness (QED) is 0.688. The number of aliphatic carboxylic acids is 1. The highest BCUT2D eigenvalue weighted by Crippen LogP contribution is 2.40. The first-order chi connectivity index (χ1) is 9.53. The van der Waals surface area contributed by atoms with Gasteiger partial charge >= 0.3 is 5.97 Å². The molecule has 114 valence electrons. The first-order valence-corrected chi connectivity index (χ1v) is 7.74. The lowest BCUT2D eigenvalue weighted by atomic mass is 9.69. The molecule has 1 saturated heterocycles. The van der Waals surface area contributed by atoms with E-state index >= 15 is 0 Å². The molecule has 2 unspecified atom stereocenters. The van der Waals surface area contributed by atoms with Gasteiger partial charge in [-0.2, -0.15) is 0 Å². The number of hydrogen-bond acceptors (Lipinski definition) is 3. The van der Waals surface area contributed by atoms with Gasteiger partial charge in [0.2, 0.25) is 5.91 Å². The van der Waals surface area contributed by atoms with Gasteiger partial charge in [0.1, 0.15) is 0 Å². The maximum Gasteiger partial charge on any atom is 0.311 e. The Morgan fingerprint density at radius 2 is 2.15 bits per heavy atom. The summed E-state index contributed by atoms with van der Waals surface area (Å²) in [6.45, 7) is 4.48. The Kier molecular flexibility index (Phi) is 5.02. The van der Waals surface area contributed by atoms with E-state index in [4.69, 9.17) is 0 Å². The Bertz CT molecular complexity index is 360. The van der Waals surface area contributed by atoms with Crippen molar-refractivity contribution in [3.05, 3.63) is 0 Å². The molecule has 1 aliphatic carbocycles. The van der Waals surface area contributed by atoms with Crippen LogP contribution in [0.1, 0.15) is 45.4 Å². The summed E-state index contributed by atoms with van der Waals surface area (Å²) in [7, 11) is 0. The van der Waals surface area contributed by atoms with Crippen LogP contribution >= 0.6 is 0 Å². The van der Waals surface area contributed by atoms with Crippen molar-refractivity contribution in [2.75, 3.05) is 19.6 Å². The molecular weight excluding hydrogens is 256 g/mol. The van der Waals surface area contributed by atoms with Crippen molar-refractivity contribution < 1.29 is 14.7 Å². The molecule has 0 bridgehead atoms. The molecule has 3 N–H and O–H groups in total. The molecule has 1 amide bonds. The second-order valence-electron chi connectivity index (χ2n) is 6.50. The van der Waals surface area contributed by atoms with E-state index in [9.17, 15) is 14.7 Å². The van der Waals surface area contributed by atoms with Crippen LogP contribution < -0.4 is 10.6 Å². The number of carbonyl (C=O) groups excluding carboxylic acids is 1. The van der Waals surface area contributed by atoms with Gasteiger partial charge in [-0.3, -0.25) is 9.59 Å². The summed E-state index contributed by atoms with van der Waals surface area (Å²) < 4.78 is 0. The van der Waals surface area contributed by atoms with Gasteiger partial charge in [-0.25, -0.2) is 0 Å². The SMILES string of the molecule is CC(CC(=O)NCC1(C(=O)O)CCC1)C1CCCNC1. The lowest BCUT2D eigenvalue weighted by Gasteiger charge is -2.37. The fourth-order valence-corrected chi connectivity index (χ4v) is 3.23. The molecule has 0 aromatic heterocycles. The van der Waals surface area contributed by atoms with E-state index in [0.717, 1.165) is 19.5 Å². The molecule has 0 aromatic carbocycles. The van der Waals surface area contributed by atoms with Crippen LogP contribution in [-0.4, -0.2) is 36.6 Å². The number of rotatable bonds is 6. The molecule has 1 saturated carbocycles. The summed E-state index contributed by atoms with van der Waals surface area (Å²) in [5.74, 6) is 0.140. The van der Waals surface area contributed by atoms with E-state index in [1.165, 1.54) is 12.8 Å². The number of hydrogen-bond donors (Lipinski definition) is 3. The lowest BCUT2D eigenvalue weighted by Crippen LogP contribution is -2.48. The molecular formula is C15H26N2O3. The largest absolute Gasteiger partial charge is 0.481 e. The first kappa shape index (κ1) is 15.3. The Balaban J connectivity index is 1.73. The van der Waals surface area contributed by atoms with E-state index in [2.05, 4.69) is 17.6 Å². The average Bonchev–Trinajstić information content (AvgIpc) is 2.38. The summed E-state index contributed by atoms with van der Waals surface area (Å²) in [4.78, 5) is 23.2. The first-order valence-electron chi connectivity index (χ1n) is 7.74. The number of carboxylic acids is 1. The van der Waals surface area contributed by atoms with Crippen molar-refractivity contribution in [2.45, 2.75) is 45.4 Å². The van der Waals surface area contributed by atoms with Crippen LogP contribution in [-0.2, 0) is 9.59 Å². The van der Waals surface area contributed by atoms with Crippen molar-refractivity contribution >= 4 is 11.9 Å². The number of nitrogens with one attached hydrogen (secondary N) is 2. The van der Waals surface area contributed by atoms with Crippen LogP contribution in [0.3, 0.4) is 0 Å². The molecule has 2 atom stereocenters. The van der Waals surface area contributed by atoms with Crippen LogP contribution in [0.2, 0.25) is 0 Å². The Morgan fingerprint density at radius 1 is 1.40 bits per heavy atom. The Labute approximate surface area is 120 Å². The molecule has 0 spiro atoms. The van der Waals surface area contributed by atoms with Crippen LogP contribution in [0.15, 0.2) is 0 Å². The number of amides is 1. The summed E-state index contributed by atoms with van der Waals surface area (Å²) in [5, 5.41) is 15.4. The average molecular weight is 282 g/mol. The molecule has 5 heteroatoms. The van der Waals surface area contributed by atoms with E-state index < -0.39 is 11.4 Å². The molecule has 2 rings (SSSR count). The van der Waals surface area contributed by atoms with E-state index in [1.54, 1.807) is 0 Å². The lowest BCUT2D eigenvalue weighted by molar-refractivity contribution is -0.154. The summed E-state index contributed by atoms with van der Waals surface area (Å²) in [6.07, 6.45) is 5.18. The molecule has 1 heterocycles. The van der Waals surface area contributed by atoms with Gasteiger partial charge in [0.25, 0.3) is 0 Å². The van der Waals surface area contributed by atoms with Crippen molar-refractivity contribution in [2.24, 2.45) is 17.3 Å². The smallest absolute Gasteiger partial charge is 0.311 e. The zero-order valence-electron chi connectivity index (χ0n) is 12.3. The molecule has 1 aliphatic heterocycles. The van der Waals surface area contributed by atoms with Crippen molar-refractivity contribution in [1.82, 2.24) is 10.6 Å². The molecule has 20 heavy (non-hydrogen) atoms. The van der Waals surface area contributed by atoms with E-state index in [0.29, 0.717) is 31.1 Å². The molecule has 2 aliphatic rings. The predicted molar refractivity (Wildman–Crippen MR) is 76.3 cm³/mol.